The van der Waals surface area contributed by atoms with Crippen LogP contribution in [0, 0.1) is 17.3 Å². The molecule has 1 spiro atoms. The van der Waals surface area contributed by atoms with Crippen molar-refractivity contribution in [2.45, 2.75) is 91.2 Å². The second kappa shape index (κ2) is 14.9. The predicted octanol–water partition coefficient (Wildman–Crippen LogP) is 6.93. The third-order valence-electron chi connectivity index (χ3n) is 10.6. The summed E-state index contributed by atoms with van der Waals surface area (Å²) in [5.74, 6) is 2.39. The number of nitrogens with zero attached hydrogens (tertiary/aromatic N) is 5. The minimum atomic E-state index is -0.453. The number of anilines is 3. The Balaban J connectivity index is 1.04. The van der Waals surface area contributed by atoms with Crippen molar-refractivity contribution in [3.05, 3.63) is 45.8 Å². The zero-order valence-corrected chi connectivity index (χ0v) is 31.5. The number of hydrogen-bond acceptors (Lipinski definition) is 9. The Morgan fingerprint density at radius 3 is 2.39 bits per heavy atom. The normalized spacial score (nSPS) is 18.2. The molecule has 2 N–H and O–H groups in total. The zero-order chi connectivity index (χ0) is 36.5. The molecule has 13 heteroatoms. The summed E-state index contributed by atoms with van der Waals surface area (Å²) in [5, 5.41) is 7.04. The lowest BCUT2D eigenvalue weighted by Gasteiger charge is -2.53. The molecule has 51 heavy (non-hydrogen) atoms. The molecular weight excluding hydrogens is 670 g/mol. The Kier molecular flexibility index (Phi) is 10.7. The van der Waals surface area contributed by atoms with Crippen LogP contribution in [0.3, 0.4) is 0 Å². The predicted molar refractivity (Wildman–Crippen MR) is 200 cm³/mol. The van der Waals surface area contributed by atoms with E-state index >= 15 is 0 Å². The summed E-state index contributed by atoms with van der Waals surface area (Å²) in [6.45, 7) is 12.8. The number of amides is 2. The van der Waals surface area contributed by atoms with Gasteiger partial charge in [0.25, 0.3) is 11.5 Å². The lowest BCUT2D eigenvalue weighted by atomic mass is 9.64. The van der Waals surface area contributed by atoms with Gasteiger partial charge in [-0.3, -0.25) is 9.59 Å². The average molecular weight is 722 g/mol. The van der Waals surface area contributed by atoms with Crippen LogP contribution in [0.25, 0.3) is 10.9 Å². The molecule has 3 fully saturated rings. The summed E-state index contributed by atoms with van der Waals surface area (Å²) in [5.41, 5.74) is 1.05. The minimum Gasteiger partial charge on any atom is -0.478 e. The number of rotatable bonds is 9. The molecule has 0 bridgehead atoms. The smallest absolute Gasteiger partial charge is 0.410 e. The number of carbonyl (C=O) groups excluding carboxylic acids is 2. The Bertz CT molecular complexity index is 1800. The van der Waals surface area contributed by atoms with E-state index in [9.17, 15) is 14.4 Å². The topological polar surface area (TPSA) is 131 Å². The van der Waals surface area contributed by atoms with E-state index in [1.54, 1.807) is 16.8 Å². The fraction of sp³-hybridized carbons (Fsp3) is 0.605. The number of carbonyl (C=O) groups is 2. The lowest BCUT2D eigenvalue weighted by Crippen LogP contribution is -2.60. The summed E-state index contributed by atoms with van der Waals surface area (Å²) in [4.78, 5) is 50.9. The number of halogens is 1. The number of likely N-dealkylation sites (tertiary alicyclic amines) is 1. The maximum absolute atomic E-state index is 13.2. The van der Waals surface area contributed by atoms with Crippen LogP contribution in [0.5, 0.6) is 5.75 Å². The van der Waals surface area contributed by atoms with Crippen molar-refractivity contribution < 1.29 is 19.1 Å². The van der Waals surface area contributed by atoms with Crippen LogP contribution in [-0.4, -0.2) is 76.9 Å². The Morgan fingerprint density at radius 1 is 1.06 bits per heavy atom. The molecule has 2 aliphatic heterocycles. The summed E-state index contributed by atoms with van der Waals surface area (Å²) in [6, 6.07) is 7.25. The number of piperidine rings is 1. The van der Waals surface area contributed by atoms with Crippen molar-refractivity contribution in [3.8, 4) is 5.75 Å². The van der Waals surface area contributed by atoms with E-state index in [1.165, 1.54) is 39.2 Å². The summed E-state index contributed by atoms with van der Waals surface area (Å²) in [7, 11) is 1.52. The molecule has 2 saturated heterocycles. The van der Waals surface area contributed by atoms with Crippen LogP contribution in [0.1, 0.15) is 85.6 Å². The monoisotopic (exact) mass is 721 g/mol. The Labute approximate surface area is 305 Å². The quantitative estimate of drug-likeness (QED) is 0.242. The second-order valence-electron chi connectivity index (χ2n) is 16.0. The average Bonchev–Trinajstić information content (AvgIpc) is 3.07. The van der Waals surface area contributed by atoms with E-state index in [0.717, 1.165) is 61.5 Å². The largest absolute Gasteiger partial charge is 0.478 e. The van der Waals surface area contributed by atoms with Gasteiger partial charge in [0, 0.05) is 55.8 Å². The van der Waals surface area contributed by atoms with Gasteiger partial charge >= 0.3 is 6.09 Å². The zero-order valence-electron chi connectivity index (χ0n) is 30.8. The molecule has 2 aromatic heterocycles. The van der Waals surface area contributed by atoms with Crippen LogP contribution < -0.4 is 25.8 Å². The molecule has 1 aromatic carbocycles. The molecule has 0 atom stereocenters. The highest BCUT2D eigenvalue weighted by Crippen LogP contribution is 2.47. The Morgan fingerprint density at radius 2 is 1.75 bits per heavy atom. The van der Waals surface area contributed by atoms with Gasteiger partial charge in [-0.1, -0.05) is 11.6 Å². The van der Waals surface area contributed by atoms with Crippen molar-refractivity contribution in [1.82, 2.24) is 24.8 Å². The number of fused-ring (bicyclic) bond motifs is 1. The molecule has 12 nitrogen and oxygen atoms in total. The van der Waals surface area contributed by atoms with Gasteiger partial charge in [-0.25, -0.2) is 9.78 Å². The van der Waals surface area contributed by atoms with Gasteiger partial charge < -0.3 is 34.5 Å². The minimum absolute atomic E-state index is 0.111. The van der Waals surface area contributed by atoms with Gasteiger partial charge in [0.2, 0.25) is 5.95 Å². The van der Waals surface area contributed by atoms with Gasteiger partial charge in [-0.15, -0.1) is 0 Å². The maximum Gasteiger partial charge on any atom is 0.410 e. The first-order valence-corrected chi connectivity index (χ1v) is 18.7. The van der Waals surface area contributed by atoms with Gasteiger partial charge in [0.15, 0.2) is 18.2 Å². The van der Waals surface area contributed by atoms with Crippen molar-refractivity contribution in [3.63, 3.8) is 0 Å². The van der Waals surface area contributed by atoms with Crippen LogP contribution in [0.4, 0.5) is 22.2 Å². The van der Waals surface area contributed by atoms with E-state index in [-0.39, 0.29) is 36.0 Å². The summed E-state index contributed by atoms with van der Waals surface area (Å²) in [6.07, 6.45) is 9.82. The highest BCUT2D eigenvalue weighted by atomic mass is 35.5. The number of ether oxygens (including phenoxy) is 2. The molecule has 3 aliphatic rings. The Hall–Kier alpha value is -4.06. The first-order valence-electron chi connectivity index (χ1n) is 18.3. The molecular formula is C38H52ClN7O5. The van der Waals surface area contributed by atoms with E-state index in [0.29, 0.717) is 28.1 Å². The van der Waals surface area contributed by atoms with Crippen LogP contribution in [-0.2, 0) is 9.53 Å². The fourth-order valence-electron chi connectivity index (χ4n) is 7.87. The van der Waals surface area contributed by atoms with E-state index < -0.39 is 5.60 Å². The van der Waals surface area contributed by atoms with Crippen molar-refractivity contribution in [2.24, 2.45) is 17.3 Å². The maximum atomic E-state index is 13.2. The first kappa shape index (κ1) is 36.7. The molecule has 0 unspecified atom stereocenters. The van der Waals surface area contributed by atoms with Gasteiger partial charge in [0.05, 0.1) is 11.7 Å². The van der Waals surface area contributed by atoms with E-state index in [2.05, 4.69) is 20.5 Å². The van der Waals surface area contributed by atoms with Crippen LogP contribution in [0.2, 0.25) is 5.02 Å². The van der Waals surface area contributed by atoms with Crippen molar-refractivity contribution in [2.75, 3.05) is 50.1 Å². The molecule has 4 heterocycles. The number of pyridine rings is 1. The standard InChI is InChI=1S/C38H52ClN7O5/c1-24(2)46-30-8-7-28(18-27(30)19-31(34(46)48)50-21-32(47)40-6)42-33-29(39)20-41-35(43-33)44-15-11-26(12-16-44)17-25-9-13-38(14-10-25)22-45(23-38)36(49)51-37(3,4)5/h7-8,18-20,24-26H,9-17,21-23H2,1-6H3,(H,40,47)(H,41,42,43). The number of benzene rings is 1. The number of aromatic nitrogens is 3. The van der Waals surface area contributed by atoms with E-state index in [1.807, 2.05) is 57.7 Å². The lowest BCUT2D eigenvalue weighted by molar-refractivity contribution is -0.122. The third-order valence-corrected chi connectivity index (χ3v) is 10.9. The molecule has 2 amide bonds. The van der Waals surface area contributed by atoms with Gasteiger partial charge in [0.1, 0.15) is 10.6 Å². The highest BCUT2D eigenvalue weighted by molar-refractivity contribution is 6.32. The van der Waals surface area contributed by atoms with Crippen molar-refractivity contribution >= 4 is 52.0 Å². The molecule has 3 aromatic rings. The fourth-order valence-corrected chi connectivity index (χ4v) is 8.00. The number of likely N-dealkylation sites (N-methyl/N-ethyl adjacent to an activating group) is 1. The van der Waals surface area contributed by atoms with Crippen LogP contribution >= 0.6 is 11.6 Å². The summed E-state index contributed by atoms with van der Waals surface area (Å²) >= 11 is 6.58. The van der Waals surface area contributed by atoms with Gasteiger partial charge in [-0.2, -0.15) is 4.98 Å². The van der Waals surface area contributed by atoms with Crippen molar-refractivity contribution in [1.29, 1.82) is 0 Å². The summed E-state index contributed by atoms with van der Waals surface area (Å²) < 4.78 is 12.8. The molecule has 6 rings (SSSR count). The van der Waals surface area contributed by atoms with Crippen LogP contribution in [0.15, 0.2) is 35.3 Å². The van der Waals surface area contributed by atoms with Gasteiger partial charge in [-0.05, 0) is 116 Å². The molecule has 1 aliphatic carbocycles. The molecule has 276 valence electrons. The third kappa shape index (κ3) is 8.54. The second-order valence-corrected chi connectivity index (χ2v) is 16.4. The number of hydrogen-bond donors (Lipinski definition) is 2. The first-order chi connectivity index (χ1) is 24.2. The molecule has 0 radical (unpaired) electrons. The van der Waals surface area contributed by atoms with E-state index in [4.69, 9.17) is 26.1 Å². The highest BCUT2D eigenvalue weighted by Gasteiger charge is 2.48. The molecule has 1 saturated carbocycles. The SMILES string of the molecule is CNC(=O)COc1cc2cc(Nc3nc(N4CCC(CC5CCC6(CC5)CN(C(=O)OC(C)(C)C)C6)CC4)ncc3Cl)ccc2n(C(C)C)c1=O. The number of nitrogens with one attached hydrogen (secondary N) is 2.